The van der Waals surface area contributed by atoms with Gasteiger partial charge in [0.25, 0.3) is 5.91 Å². The van der Waals surface area contributed by atoms with Crippen LogP contribution in [0.15, 0.2) is 47.5 Å². The molecule has 1 fully saturated rings. The fourth-order valence-electron chi connectivity index (χ4n) is 4.89. The number of guanidine groups is 1. The molecule has 6 N–H and O–H groups in total. The van der Waals surface area contributed by atoms with Gasteiger partial charge in [-0.25, -0.2) is 34.0 Å². The van der Waals surface area contributed by atoms with Gasteiger partial charge >= 0.3 is 24.2 Å². The molecule has 1 aliphatic heterocycles. The van der Waals surface area contributed by atoms with Crippen LogP contribution in [0.5, 0.6) is 5.75 Å². The van der Waals surface area contributed by atoms with Gasteiger partial charge in [-0.1, -0.05) is 6.07 Å². The number of rotatable bonds is 14. The van der Waals surface area contributed by atoms with Crippen molar-refractivity contribution >= 4 is 59.3 Å². The van der Waals surface area contributed by atoms with E-state index in [4.69, 9.17) is 14.2 Å². The van der Waals surface area contributed by atoms with E-state index in [1.807, 2.05) is 0 Å². The molecule has 2 aromatic carbocycles. The number of hydrogen-bond acceptors (Lipinski definition) is 11. The Balaban J connectivity index is 1.53. The summed E-state index contributed by atoms with van der Waals surface area (Å²) in [6, 6.07) is 10.2. The molecular formula is C37H49N7O12. The van der Waals surface area contributed by atoms with Crippen LogP contribution in [0.25, 0.3) is 0 Å². The zero-order valence-corrected chi connectivity index (χ0v) is 32.2. The first-order chi connectivity index (χ1) is 26.2. The average molecular weight is 784 g/mol. The number of ether oxygens (including phenoxy) is 3. The molecule has 1 heterocycles. The summed E-state index contributed by atoms with van der Waals surface area (Å²) in [5.41, 5.74) is -1.07. The Morgan fingerprint density at radius 2 is 1.45 bits per heavy atom. The first-order valence-electron chi connectivity index (χ1n) is 17.7. The van der Waals surface area contributed by atoms with Gasteiger partial charge in [0.1, 0.15) is 17.0 Å². The summed E-state index contributed by atoms with van der Waals surface area (Å²) >= 11 is 0. The van der Waals surface area contributed by atoms with Gasteiger partial charge in [0.2, 0.25) is 17.8 Å². The number of nitrogens with one attached hydrogen (secondary N) is 4. The number of alkyl carbamates (subject to hydrolysis) is 1. The Kier molecular flexibility index (Phi) is 15.5. The van der Waals surface area contributed by atoms with Gasteiger partial charge < -0.3 is 45.7 Å². The summed E-state index contributed by atoms with van der Waals surface area (Å²) in [5, 5.41) is 29.3. The predicted molar refractivity (Wildman–Crippen MR) is 202 cm³/mol. The second-order valence-electron chi connectivity index (χ2n) is 14.4. The Bertz CT molecular complexity index is 1790. The first-order valence-corrected chi connectivity index (χ1v) is 17.7. The molecule has 1 aliphatic rings. The molecule has 0 saturated carbocycles. The molecule has 6 amide bonds. The van der Waals surface area contributed by atoms with Crippen molar-refractivity contribution in [3.05, 3.63) is 53.6 Å². The predicted octanol–water partition coefficient (Wildman–Crippen LogP) is 4.16. The van der Waals surface area contributed by atoms with Gasteiger partial charge in [0.15, 0.2) is 0 Å². The summed E-state index contributed by atoms with van der Waals surface area (Å²) in [5.74, 6) is -2.48. The van der Waals surface area contributed by atoms with Gasteiger partial charge in [-0.15, -0.1) is 0 Å². The minimum atomic E-state index is -1.38. The van der Waals surface area contributed by atoms with Crippen LogP contribution in [0.3, 0.4) is 0 Å². The molecule has 0 atom stereocenters. The number of anilines is 1. The summed E-state index contributed by atoms with van der Waals surface area (Å²) < 4.78 is 16.5. The van der Waals surface area contributed by atoms with Crippen LogP contribution in [0.2, 0.25) is 0 Å². The number of aliphatic imine (C=N–C) groups is 1. The van der Waals surface area contributed by atoms with Crippen molar-refractivity contribution in [3.8, 4) is 5.75 Å². The Morgan fingerprint density at radius 3 is 2.07 bits per heavy atom. The highest BCUT2D eigenvalue weighted by molar-refractivity contribution is 6.03. The normalized spacial score (nSPS) is 12.9. The van der Waals surface area contributed by atoms with Crippen molar-refractivity contribution in [3.63, 3.8) is 0 Å². The second-order valence-corrected chi connectivity index (χ2v) is 14.4. The molecule has 56 heavy (non-hydrogen) atoms. The second kappa shape index (κ2) is 19.8. The lowest BCUT2D eigenvalue weighted by molar-refractivity contribution is -0.120. The maximum atomic E-state index is 13.1. The Labute approximate surface area is 323 Å². The maximum absolute atomic E-state index is 13.1. The van der Waals surface area contributed by atoms with Crippen molar-refractivity contribution < 1.29 is 58.0 Å². The van der Waals surface area contributed by atoms with Crippen molar-refractivity contribution in [2.45, 2.75) is 72.0 Å². The quantitative estimate of drug-likeness (QED) is 0.117. The van der Waals surface area contributed by atoms with Crippen LogP contribution >= 0.6 is 0 Å². The number of nitrogens with zero attached hydrogens (tertiary/aromatic N) is 3. The first kappa shape index (κ1) is 44.0. The molecule has 0 aromatic heterocycles. The SMILES string of the molecule is CC(C)(C)OC(=O)NCCCOc1ccc(NC(=O)CCNC(=O)CNC(=O)c2cccc(N=C3N(C(=O)O)CCCN3C(=O)O)c2)c(C(=O)OC(C)(C)C)c1. The monoisotopic (exact) mass is 783 g/mol. The van der Waals surface area contributed by atoms with Crippen LogP contribution in [-0.4, -0.2) is 118 Å². The zero-order valence-electron chi connectivity index (χ0n) is 32.2. The number of hydrogen-bond donors (Lipinski definition) is 6. The fourth-order valence-corrected chi connectivity index (χ4v) is 4.89. The third-order valence-electron chi connectivity index (χ3n) is 7.27. The lowest BCUT2D eigenvalue weighted by Gasteiger charge is -2.33. The van der Waals surface area contributed by atoms with Crippen LogP contribution in [0.1, 0.15) is 81.5 Å². The van der Waals surface area contributed by atoms with E-state index >= 15 is 0 Å². The third-order valence-corrected chi connectivity index (χ3v) is 7.27. The van der Waals surface area contributed by atoms with E-state index in [0.717, 1.165) is 9.80 Å². The van der Waals surface area contributed by atoms with E-state index in [0.29, 0.717) is 18.7 Å². The summed E-state index contributed by atoms with van der Waals surface area (Å²) in [6.45, 7) is 10.4. The molecule has 0 radical (unpaired) electrons. The van der Waals surface area contributed by atoms with E-state index in [1.165, 1.54) is 36.4 Å². The van der Waals surface area contributed by atoms with Gasteiger partial charge in [-0.2, -0.15) is 0 Å². The minimum Gasteiger partial charge on any atom is -0.494 e. The number of benzene rings is 2. The lowest BCUT2D eigenvalue weighted by atomic mass is 10.1. The van der Waals surface area contributed by atoms with Gasteiger partial charge in [-0.05, 0) is 90.8 Å². The van der Waals surface area contributed by atoms with E-state index < -0.39 is 59.7 Å². The third kappa shape index (κ3) is 14.8. The van der Waals surface area contributed by atoms with Crippen molar-refractivity contribution in [1.82, 2.24) is 25.8 Å². The maximum Gasteiger partial charge on any atom is 0.414 e. The molecule has 19 nitrogen and oxygen atoms in total. The van der Waals surface area contributed by atoms with E-state index in [-0.39, 0.29) is 67.5 Å². The van der Waals surface area contributed by atoms with Crippen LogP contribution < -0.4 is 26.0 Å². The molecule has 3 rings (SSSR count). The van der Waals surface area contributed by atoms with Crippen LogP contribution in [0, 0.1) is 0 Å². The van der Waals surface area contributed by atoms with Crippen LogP contribution in [-0.2, 0) is 19.1 Å². The topological polar surface area (TPSA) is 255 Å². The number of esters is 1. The highest BCUT2D eigenvalue weighted by Gasteiger charge is 2.32. The fraction of sp³-hybridized carbons (Fsp3) is 0.459. The standard InChI is InChI=1S/C37H49N7O12/c1-36(2,3)55-31(48)26-21-25(54-19-8-15-39-33(49)56-37(4,5)6)12-13-27(26)42-28(45)14-16-38-29(46)22-40-30(47)23-10-7-11-24(20-23)41-32-43(34(50)51)17-9-18-44(32)35(52)53/h7,10-13,20-21H,8-9,14-19,22H2,1-6H3,(H,38,46)(H,39,49)(H,40,47)(H,42,45)(H,50,51)(H,52,53). The number of carboxylic acid groups (broad SMARTS) is 2. The van der Waals surface area contributed by atoms with Crippen molar-refractivity contribution in [1.29, 1.82) is 0 Å². The van der Waals surface area contributed by atoms with Gasteiger partial charge in [-0.3, -0.25) is 14.4 Å². The molecule has 19 heteroatoms. The van der Waals surface area contributed by atoms with Crippen molar-refractivity contribution in [2.24, 2.45) is 4.99 Å². The minimum absolute atomic E-state index is 0.0389. The summed E-state index contributed by atoms with van der Waals surface area (Å²) in [7, 11) is 0. The molecule has 0 bridgehead atoms. The molecule has 304 valence electrons. The lowest BCUT2D eigenvalue weighted by Crippen LogP contribution is -2.53. The molecule has 0 aliphatic carbocycles. The van der Waals surface area contributed by atoms with E-state index in [2.05, 4.69) is 26.3 Å². The Morgan fingerprint density at radius 1 is 0.786 bits per heavy atom. The van der Waals surface area contributed by atoms with Gasteiger partial charge in [0, 0.05) is 38.2 Å². The van der Waals surface area contributed by atoms with Crippen molar-refractivity contribution in [2.75, 3.05) is 44.6 Å². The average Bonchev–Trinajstić information content (AvgIpc) is 3.09. The number of carbonyl (C=O) groups excluding carboxylic acids is 5. The van der Waals surface area contributed by atoms with E-state index in [1.54, 1.807) is 47.6 Å². The Hall–Kier alpha value is -6.40. The smallest absolute Gasteiger partial charge is 0.414 e. The highest BCUT2D eigenvalue weighted by Crippen LogP contribution is 2.26. The highest BCUT2D eigenvalue weighted by atomic mass is 16.6. The molecule has 1 saturated heterocycles. The summed E-state index contributed by atoms with van der Waals surface area (Å²) in [6.07, 6.45) is -2.75. The largest absolute Gasteiger partial charge is 0.494 e. The number of amides is 6. The molecule has 0 unspecified atom stereocenters. The number of carbonyl (C=O) groups is 7. The molecule has 2 aromatic rings. The zero-order chi connectivity index (χ0) is 41.6. The summed E-state index contributed by atoms with van der Waals surface area (Å²) in [4.78, 5) is 92.1. The van der Waals surface area contributed by atoms with Crippen LogP contribution in [0.4, 0.5) is 25.8 Å². The van der Waals surface area contributed by atoms with E-state index in [9.17, 15) is 43.8 Å². The van der Waals surface area contributed by atoms with Gasteiger partial charge in [0.05, 0.1) is 30.1 Å². The molecule has 0 spiro atoms. The molecular weight excluding hydrogens is 734 g/mol.